The third-order valence-corrected chi connectivity index (χ3v) is 11.8. The molecule has 5 heteroatoms. The summed E-state index contributed by atoms with van der Waals surface area (Å²) in [5.74, 6) is -0.617. The van der Waals surface area contributed by atoms with Gasteiger partial charge >= 0.3 is 11.9 Å². The average molecular weight is 992 g/mol. The SMILES string of the molecule is CC/C=C\C/C=C\C/C=C\C/C=C\C/C=C\C/C=C\C/C=C\CCCCCCCCCCCC(=O)OC(CO)COC(=O)CCCCCCCCCC/C=C\C/C=C\C/C=C\C/C=C\C/C=C\C/C=C\CC. The minimum atomic E-state index is -0.793. The van der Waals surface area contributed by atoms with Crippen LogP contribution < -0.4 is 0 Å². The third-order valence-electron chi connectivity index (χ3n) is 11.8. The first-order valence-corrected chi connectivity index (χ1v) is 29.0. The van der Waals surface area contributed by atoms with Gasteiger partial charge in [-0.15, -0.1) is 0 Å². The van der Waals surface area contributed by atoms with Gasteiger partial charge in [0.2, 0.25) is 0 Å². The molecule has 1 N–H and O–H groups in total. The fraction of sp³-hybridized carbons (Fsp3) is 0.582. The first kappa shape index (κ1) is 67.5. The maximum atomic E-state index is 12.3. The molecule has 1 atom stereocenters. The van der Waals surface area contributed by atoms with Crippen molar-refractivity contribution in [2.24, 2.45) is 0 Å². The summed E-state index contributed by atoms with van der Waals surface area (Å²) in [6, 6.07) is 0. The van der Waals surface area contributed by atoms with Gasteiger partial charge in [-0.2, -0.15) is 0 Å². The Bertz CT molecular complexity index is 1590. The summed E-state index contributed by atoms with van der Waals surface area (Å²) in [6.45, 7) is 3.89. The number of unbranched alkanes of at least 4 members (excludes halogenated alkanes) is 17. The zero-order valence-corrected chi connectivity index (χ0v) is 46.1. The second-order valence-electron chi connectivity index (χ2n) is 18.6. The molecule has 0 saturated heterocycles. The van der Waals surface area contributed by atoms with Gasteiger partial charge < -0.3 is 14.6 Å². The predicted molar refractivity (Wildman–Crippen MR) is 315 cm³/mol. The number of ether oxygens (including phenoxy) is 2. The van der Waals surface area contributed by atoms with Crippen molar-refractivity contribution >= 4 is 11.9 Å². The van der Waals surface area contributed by atoms with E-state index in [0.717, 1.165) is 135 Å². The van der Waals surface area contributed by atoms with Crippen molar-refractivity contribution in [3.8, 4) is 0 Å². The summed E-state index contributed by atoms with van der Waals surface area (Å²) < 4.78 is 10.7. The van der Waals surface area contributed by atoms with Crippen molar-refractivity contribution in [1.82, 2.24) is 0 Å². The molecule has 72 heavy (non-hydrogen) atoms. The van der Waals surface area contributed by atoms with Gasteiger partial charge in [-0.25, -0.2) is 0 Å². The maximum Gasteiger partial charge on any atom is 0.306 e. The number of aliphatic hydroxyl groups is 1. The van der Waals surface area contributed by atoms with Gasteiger partial charge in [-0.3, -0.25) is 9.59 Å². The van der Waals surface area contributed by atoms with Crippen LogP contribution >= 0.6 is 0 Å². The Balaban J connectivity index is 3.60. The van der Waals surface area contributed by atoms with Gasteiger partial charge in [0.1, 0.15) is 6.61 Å². The monoisotopic (exact) mass is 991 g/mol. The molecule has 0 aromatic rings. The van der Waals surface area contributed by atoms with Crippen molar-refractivity contribution in [2.45, 2.75) is 238 Å². The quantitative estimate of drug-likeness (QED) is 0.0373. The Kier molecular flexibility index (Phi) is 57.0. The lowest BCUT2D eigenvalue weighted by atomic mass is 10.1. The number of rotatable bonds is 51. The van der Waals surface area contributed by atoms with Crippen molar-refractivity contribution in [3.05, 3.63) is 158 Å². The van der Waals surface area contributed by atoms with E-state index in [9.17, 15) is 14.7 Å². The molecule has 0 saturated carbocycles. The van der Waals surface area contributed by atoms with E-state index in [4.69, 9.17) is 9.47 Å². The zero-order chi connectivity index (χ0) is 52.0. The lowest BCUT2D eigenvalue weighted by Gasteiger charge is -2.15. The molecular weight excluding hydrogens is 885 g/mol. The second-order valence-corrected chi connectivity index (χ2v) is 18.6. The van der Waals surface area contributed by atoms with Crippen LogP contribution in [0, 0.1) is 0 Å². The van der Waals surface area contributed by atoms with E-state index >= 15 is 0 Å². The van der Waals surface area contributed by atoms with Crippen molar-refractivity contribution in [3.63, 3.8) is 0 Å². The van der Waals surface area contributed by atoms with Crippen molar-refractivity contribution in [2.75, 3.05) is 13.2 Å². The van der Waals surface area contributed by atoms with Crippen molar-refractivity contribution in [1.29, 1.82) is 0 Å². The summed E-state index contributed by atoms with van der Waals surface area (Å²) in [5.41, 5.74) is 0. The van der Waals surface area contributed by atoms with E-state index in [-0.39, 0.29) is 25.2 Å². The van der Waals surface area contributed by atoms with Gasteiger partial charge in [0.25, 0.3) is 0 Å². The highest BCUT2D eigenvalue weighted by molar-refractivity contribution is 5.70. The first-order valence-electron chi connectivity index (χ1n) is 29.0. The second kappa shape index (κ2) is 60.8. The Morgan fingerprint density at radius 1 is 0.319 bits per heavy atom. The largest absolute Gasteiger partial charge is 0.462 e. The Labute approximate surface area is 443 Å². The number of carbonyl (C=O) groups is 2. The molecule has 0 fully saturated rings. The molecule has 0 aliphatic rings. The molecule has 0 radical (unpaired) electrons. The van der Waals surface area contributed by atoms with Crippen LogP contribution in [0.3, 0.4) is 0 Å². The molecule has 404 valence electrons. The highest BCUT2D eigenvalue weighted by Gasteiger charge is 2.16. The van der Waals surface area contributed by atoms with E-state index < -0.39 is 6.10 Å². The molecule has 0 aromatic heterocycles. The molecule has 0 rings (SSSR count). The number of hydrogen-bond acceptors (Lipinski definition) is 5. The summed E-state index contributed by atoms with van der Waals surface area (Å²) in [4.78, 5) is 24.6. The topological polar surface area (TPSA) is 72.8 Å². The number of allylic oxidation sites excluding steroid dienone is 26. The molecule has 0 amide bonds. The standard InChI is InChI=1S/C67H106O5/c1-3-5-7-9-11-13-15-17-19-21-23-25-27-29-31-32-33-34-36-38-40-42-44-46-48-50-52-54-56-58-60-62-67(70)72-65(63-68)64-71-66(69)61-59-57-55-53-51-49-47-45-43-41-39-37-35-30-28-26-24-22-20-18-16-14-12-10-8-6-4-2/h5-8,11-14,17-20,23-26,29-31,33-35,38-41,65,68H,3-4,9-10,15-16,21-22,27-28,32,36-37,42-64H2,1-2H3/b7-5-,8-6-,13-11-,14-12-,19-17-,20-18-,25-23-,26-24-,31-29-,34-33-,35-30-,40-38-,41-39-. The molecule has 1 unspecified atom stereocenters. The smallest absolute Gasteiger partial charge is 0.306 e. The summed E-state index contributed by atoms with van der Waals surface area (Å²) >= 11 is 0. The number of hydrogen-bond donors (Lipinski definition) is 1. The number of aliphatic hydroxyl groups excluding tert-OH is 1. The van der Waals surface area contributed by atoms with Crippen LogP contribution in [0.15, 0.2) is 158 Å². The van der Waals surface area contributed by atoms with Crippen LogP contribution in [0.5, 0.6) is 0 Å². The Hall–Kier alpha value is -4.48. The minimum Gasteiger partial charge on any atom is -0.462 e. The fourth-order valence-corrected chi connectivity index (χ4v) is 7.54. The predicted octanol–water partition coefficient (Wildman–Crippen LogP) is 20.0. The van der Waals surface area contributed by atoms with Gasteiger partial charge in [0.15, 0.2) is 6.10 Å². The average Bonchev–Trinajstić information content (AvgIpc) is 3.38. The molecule has 0 aromatic carbocycles. The molecule has 0 aliphatic heterocycles. The summed E-state index contributed by atoms with van der Waals surface area (Å²) in [5, 5.41) is 9.67. The van der Waals surface area contributed by atoms with Gasteiger partial charge in [-0.1, -0.05) is 255 Å². The lowest BCUT2D eigenvalue weighted by molar-refractivity contribution is -0.161. The zero-order valence-electron chi connectivity index (χ0n) is 46.1. The molecule has 0 bridgehead atoms. The Morgan fingerprint density at radius 3 is 0.833 bits per heavy atom. The Morgan fingerprint density at radius 2 is 0.556 bits per heavy atom. The van der Waals surface area contributed by atoms with Gasteiger partial charge in [0.05, 0.1) is 6.61 Å². The fourth-order valence-electron chi connectivity index (χ4n) is 7.54. The van der Waals surface area contributed by atoms with Crippen molar-refractivity contribution < 1.29 is 24.2 Å². The van der Waals surface area contributed by atoms with Crippen LogP contribution in [0.2, 0.25) is 0 Å². The molecule has 0 spiro atoms. The lowest BCUT2D eigenvalue weighted by Crippen LogP contribution is -2.28. The molecule has 0 aliphatic carbocycles. The third kappa shape index (κ3) is 58.1. The van der Waals surface area contributed by atoms with E-state index in [0.29, 0.717) is 12.8 Å². The highest BCUT2D eigenvalue weighted by Crippen LogP contribution is 2.14. The van der Waals surface area contributed by atoms with Crippen LogP contribution in [0.25, 0.3) is 0 Å². The molecular formula is C67H106O5. The number of esters is 2. The number of carbonyl (C=O) groups excluding carboxylic acids is 2. The summed E-state index contributed by atoms with van der Waals surface area (Å²) in [7, 11) is 0. The van der Waals surface area contributed by atoms with Gasteiger partial charge in [-0.05, 0) is 122 Å². The maximum absolute atomic E-state index is 12.3. The highest BCUT2D eigenvalue weighted by atomic mass is 16.6. The van der Waals surface area contributed by atoms with Crippen LogP contribution in [0.4, 0.5) is 0 Å². The summed E-state index contributed by atoms with van der Waals surface area (Å²) in [6.07, 6.45) is 93.5. The van der Waals surface area contributed by atoms with E-state index in [2.05, 4.69) is 172 Å². The minimum absolute atomic E-state index is 0.0831. The van der Waals surface area contributed by atoms with E-state index in [1.54, 1.807) is 0 Å². The van der Waals surface area contributed by atoms with Gasteiger partial charge in [0, 0.05) is 12.8 Å². The first-order chi connectivity index (χ1) is 35.6. The van der Waals surface area contributed by atoms with Crippen LogP contribution in [-0.2, 0) is 19.1 Å². The molecule has 5 nitrogen and oxygen atoms in total. The molecule has 0 heterocycles. The van der Waals surface area contributed by atoms with E-state index in [1.807, 2.05) is 0 Å². The van der Waals surface area contributed by atoms with E-state index in [1.165, 1.54) is 70.6 Å². The normalized spacial score (nSPS) is 13.4. The van der Waals surface area contributed by atoms with Crippen LogP contribution in [-0.4, -0.2) is 36.4 Å². The van der Waals surface area contributed by atoms with Crippen LogP contribution in [0.1, 0.15) is 232 Å².